The number of nitrogens with zero attached hydrogens (tertiary/aromatic N) is 1. The first-order valence-corrected chi connectivity index (χ1v) is 9.57. The number of thiophene rings is 1. The van der Waals surface area contributed by atoms with Gasteiger partial charge in [0.1, 0.15) is 5.00 Å². The average molecular weight is 373 g/mol. The zero-order valence-corrected chi connectivity index (χ0v) is 15.9. The molecule has 4 aromatic rings. The van der Waals surface area contributed by atoms with Gasteiger partial charge in [-0.1, -0.05) is 36.4 Å². The Kier molecular flexibility index (Phi) is 4.60. The van der Waals surface area contributed by atoms with Gasteiger partial charge < -0.3 is 10.3 Å². The molecule has 5 heteroatoms. The van der Waals surface area contributed by atoms with Crippen LogP contribution in [0.2, 0.25) is 0 Å². The molecule has 2 aromatic heterocycles. The number of anilines is 1. The van der Waals surface area contributed by atoms with E-state index in [0.29, 0.717) is 10.6 Å². The predicted molar refractivity (Wildman–Crippen MR) is 114 cm³/mol. The topological polar surface area (TPSA) is 57.2 Å². The highest BCUT2D eigenvalue weighted by atomic mass is 32.1. The molecule has 0 saturated heterocycles. The second kappa shape index (κ2) is 7.21. The molecule has 2 N–H and O–H groups in total. The highest BCUT2D eigenvalue weighted by molar-refractivity contribution is 7.14. The summed E-state index contributed by atoms with van der Waals surface area (Å²) in [6, 6.07) is 17.7. The highest BCUT2D eigenvalue weighted by Gasteiger charge is 2.14. The SMILES string of the molecule is Cc1ccccc1NC(=O)c1ccsc1/N=C/c1c(C)[nH]c2ccccc12. The first-order valence-electron chi connectivity index (χ1n) is 8.69. The summed E-state index contributed by atoms with van der Waals surface area (Å²) < 4.78 is 0. The zero-order chi connectivity index (χ0) is 18.8. The third-order valence-electron chi connectivity index (χ3n) is 4.54. The lowest BCUT2D eigenvalue weighted by atomic mass is 10.1. The Balaban J connectivity index is 1.62. The van der Waals surface area contributed by atoms with Crippen LogP contribution in [-0.2, 0) is 0 Å². The number of amides is 1. The van der Waals surface area contributed by atoms with Crippen LogP contribution in [0.5, 0.6) is 0 Å². The molecule has 0 aliphatic rings. The molecule has 0 spiro atoms. The number of fused-ring (bicyclic) bond motifs is 1. The molecule has 134 valence electrons. The molecule has 0 unspecified atom stereocenters. The maximum absolute atomic E-state index is 12.7. The van der Waals surface area contributed by atoms with E-state index in [0.717, 1.165) is 33.4 Å². The maximum Gasteiger partial charge on any atom is 0.258 e. The average Bonchev–Trinajstić information content (AvgIpc) is 3.25. The molecule has 0 saturated carbocycles. The molecule has 0 aliphatic heterocycles. The zero-order valence-electron chi connectivity index (χ0n) is 15.1. The van der Waals surface area contributed by atoms with Crippen molar-refractivity contribution in [2.24, 2.45) is 4.99 Å². The van der Waals surface area contributed by atoms with Crippen LogP contribution in [0, 0.1) is 13.8 Å². The minimum Gasteiger partial charge on any atom is -0.358 e. The van der Waals surface area contributed by atoms with E-state index in [1.54, 1.807) is 0 Å². The number of hydrogen-bond donors (Lipinski definition) is 2. The maximum atomic E-state index is 12.7. The molecule has 0 bridgehead atoms. The van der Waals surface area contributed by atoms with Gasteiger partial charge in [-0.25, -0.2) is 4.99 Å². The molecule has 0 aliphatic carbocycles. The van der Waals surface area contributed by atoms with E-state index in [1.165, 1.54) is 11.3 Å². The normalized spacial score (nSPS) is 11.3. The number of aromatic amines is 1. The molecule has 4 rings (SSSR count). The Labute approximate surface area is 161 Å². The van der Waals surface area contributed by atoms with Crippen LogP contribution in [0.4, 0.5) is 10.7 Å². The molecule has 0 fully saturated rings. The molecule has 27 heavy (non-hydrogen) atoms. The molecule has 2 aromatic carbocycles. The lowest BCUT2D eigenvalue weighted by molar-refractivity contribution is 0.102. The van der Waals surface area contributed by atoms with Crippen molar-refractivity contribution in [2.45, 2.75) is 13.8 Å². The monoisotopic (exact) mass is 373 g/mol. The summed E-state index contributed by atoms with van der Waals surface area (Å²) in [4.78, 5) is 20.7. The highest BCUT2D eigenvalue weighted by Crippen LogP contribution is 2.29. The van der Waals surface area contributed by atoms with Crippen molar-refractivity contribution in [1.82, 2.24) is 4.98 Å². The summed E-state index contributed by atoms with van der Waals surface area (Å²) in [7, 11) is 0. The van der Waals surface area contributed by atoms with Crippen LogP contribution in [0.15, 0.2) is 65.0 Å². The van der Waals surface area contributed by atoms with Crippen LogP contribution < -0.4 is 5.32 Å². The number of para-hydroxylation sites is 2. The smallest absolute Gasteiger partial charge is 0.258 e. The van der Waals surface area contributed by atoms with Crippen LogP contribution >= 0.6 is 11.3 Å². The summed E-state index contributed by atoms with van der Waals surface area (Å²) in [6.45, 7) is 4.00. The van der Waals surface area contributed by atoms with Crippen molar-refractivity contribution >= 4 is 45.0 Å². The van der Waals surface area contributed by atoms with E-state index < -0.39 is 0 Å². The number of aryl methyl sites for hydroxylation is 2. The number of rotatable bonds is 4. The number of hydrogen-bond acceptors (Lipinski definition) is 3. The molecule has 2 heterocycles. The Bertz CT molecular complexity index is 1150. The number of aliphatic imine (C=N–C) groups is 1. The summed E-state index contributed by atoms with van der Waals surface area (Å²) in [5, 5.41) is 6.69. The van der Waals surface area contributed by atoms with Gasteiger partial charge in [-0.05, 0) is 43.0 Å². The van der Waals surface area contributed by atoms with E-state index >= 15 is 0 Å². The third-order valence-corrected chi connectivity index (χ3v) is 5.36. The van der Waals surface area contributed by atoms with E-state index in [1.807, 2.05) is 74.0 Å². The number of nitrogens with one attached hydrogen (secondary N) is 2. The van der Waals surface area contributed by atoms with Gasteiger partial charge in [-0.3, -0.25) is 4.79 Å². The number of H-pyrrole nitrogens is 1. The van der Waals surface area contributed by atoms with Crippen LogP contribution in [-0.4, -0.2) is 17.1 Å². The molecule has 0 atom stereocenters. The fourth-order valence-corrected chi connectivity index (χ4v) is 3.80. The van der Waals surface area contributed by atoms with E-state index in [-0.39, 0.29) is 5.91 Å². The number of carbonyl (C=O) groups is 1. The van der Waals surface area contributed by atoms with Crippen molar-refractivity contribution < 1.29 is 4.79 Å². The minimum atomic E-state index is -0.145. The lowest BCUT2D eigenvalue weighted by Crippen LogP contribution is -2.11. The van der Waals surface area contributed by atoms with Gasteiger partial charge in [0.2, 0.25) is 0 Å². The predicted octanol–water partition coefficient (Wildman–Crippen LogP) is 5.85. The lowest BCUT2D eigenvalue weighted by Gasteiger charge is -2.07. The molecular weight excluding hydrogens is 354 g/mol. The van der Waals surface area contributed by atoms with Gasteiger partial charge in [0.25, 0.3) is 5.91 Å². The fraction of sp³-hybridized carbons (Fsp3) is 0.0909. The number of carbonyl (C=O) groups excluding carboxylic acids is 1. The third kappa shape index (κ3) is 3.41. The molecule has 1 amide bonds. The molecule has 0 radical (unpaired) electrons. The Morgan fingerprint density at radius 2 is 1.85 bits per heavy atom. The van der Waals surface area contributed by atoms with E-state index in [4.69, 9.17) is 0 Å². The van der Waals surface area contributed by atoms with Crippen LogP contribution in [0.3, 0.4) is 0 Å². The van der Waals surface area contributed by atoms with Gasteiger partial charge >= 0.3 is 0 Å². The number of benzene rings is 2. The van der Waals surface area contributed by atoms with Gasteiger partial charge in [-0.2, -0.15) is 0 Å². The first kappa shape index (κ1) is 17.2. The summed E-state index contributed by atoms with van der Waals surface area (Å²) in [5.74, 6) is -0.145. The van der Waals surface area contributed by atoms with Crippen molar-refractivity contribution in [3.8, 4) is 0 Å². The van der Waals surface area contributed by atoms with E-state index in [2.05, 4.69) is 21.4 Å². The van der Waals surface area contributed by atoms with Crippen LogP contribution in [0.25, 0.3) is 10.9 Å². The van der Waals surface area contributed by atoms with Gasteiger partial charge in [0.05, 0.1) is 5.56 Å². The Morgan fingerprint density at radius 1 is 1.07 bits per heavy atom. The second-order valence-electron chi connectivity index (χ2n) is 6.38. The molecule has 4 nitrogen and oxygen atoms in total. The number of aromatic nitrogens is 1. The largest absolute Gasteiger partial charge is 0.358 e. The second-order valence-corrected chi connectivity index (χ2v) is 7.27. The van der Waals surface area contributed by atoms with Crippen LogP contribution in [0.1, 0.15) is 27.2 Å². The Morgan fingerprint density at radius 3 is 2.70 bits per heavy atom. The minimum absolute atomic E-state index is 0.145. The van der Waals surface area contributed by atoms with Gasteiger partial charge in [0.15, 0.2) is 0 Å². The molecular formula is C22H19N3OS. The van der Waals surface area contributed by atoms with Crippen molar-refractivity contribution in [2.75, 3.05) is 5.32 Å². The Hall–Kier alpha value is -3.18. The van der Waals surface area contributed by atoms with Gasteiger partial charge in [0, 0.05) is 34.1 Å². The first-order chi connectivity index (χ1) is 13.1. The van der Waals surface area contributed by atoms with Crippen molar-refractivity contribution in [1.29, 1.82) is 0 Å². The van der Waals surface area contributed by atoms with Gasteiger partial charge in [-0.15, -0.1) is 11.3 Å². The fourth-order valence-electron chi connectivity index (χ4n) is 3.06. The standard InChI is InChI=1S/C22H19N3OS/c1-14-7-3-5-9-19(14)25-21(26)17-11-12-27-22(17)23-13-18-15(2)24-20-10-6-4-8-16(18)20/h3-13,24H,1-2H3,(H,25,26)/b23-13+. The summed E-state index contributed by atoms with van der Waals surface area (Å²) >= 11 is 1.46. The summed E-state index contributed by atoms with van der Waals surface area (Å²) in [6.07, 6.45) is 1.84. The summed E-state index contributed by atoms with van der Waals surface area (Å²) in [5.41, 5.74) is 5.61. The van der Waals surface area contributed by atoms with E-state index in [9.17, 15) is 4.79 Å². The van der Waals surface area contributed by atoms with Crippen molar-refractivity contribution in [3.63, 3.8) is 0 Å². The quantitative estimate of drug-likeness (QED) is 0.433. The van der Waals surface area contributed by atoms with Crippen molar-refractivity contribution in [3.05, 3.63) is 82.4 Å².